The molecule has 0 aromatic heterocycles. The summed E-state index contributed by atoms with van der Waals surface area (Å²) in [5, 5.41) is 0.824. The Labute approximate surface area is 140 Å². The molecule has 1 fully saturated rings. The van der Waals surface area contributed by atoms with Crippen LogP contribution >= 0.6 is 11.6 Å². The average Bonchev–Trinajstić information content (AvgIpc) is 2.41. The highest BCUT2D eigenvalue weighted by molar-refractivity contribution is 6.30. The lowest BCUT2D eigenvalue weighted by Gasteiger charge is -2.51. The first-order valence-electron chi connectivity index (χ1n) is 8.50. The van der Waals surface area contributed by atoms with E-state index in [0.29, 0.717) is 17.6 Å². The van der Waals surface area contributed by atoms with E-state index in [1.165, 1.54) is 31.2 Å². The van der Waals surface area contributed by atoms with Gasteiger partial charge in [0.25, 0.3) is 0 Å². The van der Waals surface area contributed by atoms with Crippen LogP contribution in [-0.4, -0.2) is 37.7 Å². The summed E-state index contributed by atoms with van der Waals surface area (Å²) >= 11 is 6.07. The van der Waals surface area contributed by atoms with E-state index in [9.17, 15) is 0 Å². The van der Waals surface area contributed by atoms with Gasteiger partial charge in [-0.1, -0.05) is 30.2 Å². The maximum Gasteiger partial charge on any atom is 0.0518 e. The molecule has 1 atom stereocenters. The minimum atomic E-state index is 0.298. The molecule has 22 heavy (non-hydrogen) atoms. The SMILES string of the molecule is CC(C)OCCCC(N(C)C)C1(c2ccc(Cl)cc2)CCC1. The molecule has 0 aliphatic heterocycles. The van der Waals surface area contributed by atoms with E-state index in [1.807, 2.05) is 12.1 Å². The molecule has 1 unspecified atom stereocenters. The monoisotopic (exact) mass is 323 g/mol. The van der Waals surface area contributed by atoms with Crippen LogP contribution in [-0.2, 0) is 10.2 Å². The molecule has 0 N–H and O–H groups in total. The number of ether oxygens (including phenoxy) is 1. The van der Waals surface area contributed by atoms with Gasteiger partial charge in [-0.25, -0.2) is 0 Å². The van der Waals surface area contributed by atoms with Gasteiger partial charge in [-0.3, -0.25) is 0 Å². The van der Waals surface area contributed by atoms with Crippen LogP contribution in [0.25, 0.3) is 0 Å². The van der Waals surface area contributed by atoms with Gasteiger partial charge in [-0.05, 0) is 71.3 Å². The number of rotatable bonds is 8. The average molecular weight is 324 g/mol. The van der Waals surface area contributed by atoms with E-state index in [1.54, 1.807) is 0 Å². The molecular formula is C19H30ClNO. The number of hydrogen-bond donors (Lipinski definition) is 0. The summed E-state index contributed by atoms with van der Waals surface area (Å²) in [6.45, 7) is 5.06. The van der Waals surface area contributed by atoms with Crippen LogP contribution < -0.4 is 0 Å². The zero-order valence-corrected chi connectivity index (χ0v) is 15.2. The molecule has 0 radical (unpaired) electrons. The molecule has 0 spiro atoms. The van der Waals surface area contributed by atoms with Crippen molar-refractivity contribution in [3.05, 3.63) is 34.9 Å². The quantitative estimate of drug-likeness (QED) is 0.631. The predicted molar refractivity (Wildman–Crippen MR) is 94.8 cm³/mol. The van der Waals surface area contributed by atoms with E-state index < -0.39 is 0 Å². The first-order valence-corrected chi connectivity index (χ1v) is 8.87. The Balaban J connectivity index is 2.08. The van der Waals surface area contributed by atoms with Crippen molar-refractivity contribution in [2.45, 2.75) is 63.5 Å². The van der Waals surface area contributed by atoms with Crippen LogP contribution in [0.2, 0.25) is 5.02 Å². The number of benzene rings is 1. The van der Waals surface area contributed by atoms with E-state index >= 15 is 0 Å². The largest absolute Gasteiger partial charge is 0.379 e. The van der Waals surface area contributed by atoms with Crippen LogP contribution in [0.1, 0.15) is 51.5 Å². The standard InChI is InChI=1S/C19H30ClNO/c1-15(2)22-14-5-7-18(21(3)4)19(12-6-13-19)16-8-10-17(20)11-9-16/h8-11,15,18H,5-7,12-14H2,1-4H3. The van der Waals surface area contributed by atoms with Gasteiger partial charge in [0.2, 0.25) is 0 Å². The highest BCUT2D eigenvalue weighted by Gasteiger charge is 2.45. The first-order chi connectivity index (χ1) is 10.5. The fourth-order valence-electron chi connectivity index (χ4n) is 3.78. The molecule has 0 saturated heterocycles. The van der Waals surface area contributed by atoms with E-state index in [2.05, 4.69) is 45.0 Å². The van der Waals surface area contributed by atoms with Crippen molar-refractivity contribution in [3.8, 4) is 0 Å². The molecule has 1 aromatic carbocycles. The molecule has 0 amide bonds. The Morgan fingerprint density at radius 2 is 1.82 bits per heavy atom. The van der Waals surface area contributed by atoms with Crippen molar-refractivity contribution >= 4 is 11.6 Å². The molecule has 2 rings (SSSR count). The van der Waals surface area contributed by atoms with E-state index in [0.717, 1.165) is 18.1 Å². The van der Waals surface area contributed by atoms with Gasteiger partial charge in [-0.15, -0.1) is 0 Å². The van der Waals surface area contributed by atoms with Crippen LogP contribution in [0.3, 0.4) is 0 Å². The van der Waals surface area contributed by atoms with Gasteiger partial charge in [0.05, 0.1) is 6.10 Å². The van der Waals surface area contributed by atoms with Crippen LogP contribution in [0.4, 0.5) is 0 Å². The third-order valence-electron chi connectivity index (χ3n) is 5.00. The molecule has 0 bridgehead atoms. The van der Waals surface area contributed by atoms with Gasteiger partial charge in [-0.2, -0.15) is 0 Å². The van der Waals surface area contributed by atoms with Crippen molar-refractivity contribution in [2.75, 3.05) is 20.7 Å². The first kappa shape index (κ1) is 17.8. The summed E-state index contributed by atoms with van der Waals surface area (Å²) in [7, 11) is 4.42. The van der Waals surface area contributed by atoms with Gasteiger partial charge >= 0.3 is 0 Å². The van der Waals surface area contributed by atoms with Crippen molar-refractivity contribution in [3.63, 3.8) is 0 Å². The Hall–Kier alpha value is -0.570. The Morgan fingerprint density at radius 3 is 2.27 bits per heavy atom. The number of halogens is 1. The van der Waals surface area contributed by atoms with Crippen LogP contribution in [0, 0.1) is 0 Å². The summed E-state index contributed by atoms with van der Waals surface area (Å²) in [4.78, 5) is 2.41. The normalized spacial score (nSPS) is 18.5. The Bertz CT molecular complexity index is 451. The maximum absolute atomic E-state index is 6.07. The molecule has 0 heterocycles. The highest BCUT2D eigenvalue weighted by Crippen LogP contribution is 2.49. The predicted octanol–water partition coefficient (Wildman–Crippen LogP) is 4.90. The third kappa shape index (κ3) is 4.04. The second kappa shape index (κ2) is 7.81. The van der Waals surface area contributed by atoms with Crippen LogP contribution in [0.5, 0.6) is 0 Å². The minimum absolute atomic E-state index is 0.298. The molecule has 3 heteroatoms. The second-order valence-corrected chi connectivity index (χ2v) is 7.49. The van der Waals surface area contributed by atoms with E-state index in [4.69, 9.17) is 16.3 Å². The van der Waals surface area contributed by atoms with E-state index in [-0.39, 0.29) is 0 Å². The molecule has 1 saturated carbocycles. The van der Waals surface area contributed by atoms with Gasteiger partial charge in [0, 0.05) is 23.1 Å². The molecule has 124 valence electrons. The van der Waals surface area contributed by atoms with Crippen LogP contribution in [0.15, 0.2) is 24.3 Å². The topological polar surface area (TPSA) is 12.5 Å². The lowest BCUT2D eigenvalue weighted by Crippen LogP contribution is -2.52. The second-order valence-electron chi connectivity index (χ2n) is 7.06. The fourth-order valence-corrected chi connectivity index (χ4v) is 3.90. The van der Waals surface area contributed by atoms with Crippen molar-refractivity contribution < 1.29 is 4.74 Å². The van der Waals surface area contributed by atoms with Crippen molar-refractivity contribution in [2.24, 2.45) is 0 Å². The lowest BCUT2D eigenvalue weighted by atomic mass is 9.59. The third-order valence-corrected chi connectivity index (χ3v) is 5.25. The maximum atomic E-state index is 6.07. The summed E-state index contributed by atoms with van der Waals surface area (Å²) in [6.07, 6.45) is 6.52. The molecular weight excluding hydrogens is 294 g/mol. The minimum Gasteiger partial charge on any atom is -0.379 e. The summed E-state index contributed by atoms with van der Waals surface area (Å²) in [5.74, 6) is 0. The molecule has 1 aromatic rings. The molecule has 2 nitrogen and oxygen atoms in total. The fraction of sp³-hybridized carbons (Fsp3) is 0.684. The lowest BCUT2D eigenvalue weighted by molar-refractivity contribution is 0.0532. The van der Waals surface area contributed by atoms with Gasteiger partial charge < -0.3 is 9.64 Å². The smallest absolute Gasteiger partial charge is 0.0518 e. The zero-order chi connectivity index (χ0) is 16.2. The van der Waals surface area contributed by atoms with Crippen molar-refractivity contribution in [1.82, 2.24) is 4.90 Å². The Morgan fingerprint density at radius 1 is 1.18 bits per heavy atom. The number of likely N-dealkylation sites (N-methyl/N-ethyl adjacent to an activating group) is 1. The molecule has 1 aliphatic carbocycles. The van der Waals surface area contributed by atoms with Gasteiger partial charge in [0.15, 0.2) is 0 Å². The van der Waals surface area contributed by atoms with Gasteiger partial charge in [0.1, 0.15) is 0 Å². The summed E-state index contributed by atoms with van der Waals surface area (Å²) in [5.41, 5.74) is 1.75. The zero-order valence-electron chi connectivity index (χ0n) is 14.4. The highest BCUT2D eigenvalue weighted by atomic mass is 35.5. The summed E-state index contributed by atoms with van der Waals surface area (Å²) in [6, 6.07) is 9.08. The Kier molecular flexibility index (Phi) is 6.31. The van der Waals surface area contributed by atoms with Crippen molar-refractivity contribution in [1.29, 1.82) is 0 Å². The number of hydrogen-bond acceptors (Lipinski definition) is 2. The summed E-state index contributed by atoms with van der Waals surface area (Å²) < 4.78 is 5.72. The number of nitrogens with zero attached hydrogens (tertiary/aromatic N) is 1. The molecule has 1 aliphatic rings.